The largest absolute Gasteiger partial charge is 0.0776 e. The van der Waals surface area contributed by atoms with E-state index >= 15 is 0 Å². The molecule has 0 rings (SSSR count). The highest BCUT2D eigenvalue weighted by molar-refractivity contribution is 4.42. The van der Waals surface area contributed by atoms with Crippen molar-refractivity contribution >= 4 is 0 Å². The lowest BCUT2D eigenvalue weighted by atomic mass is 10.1. The fraction of sp³-hybridized carbons (Fsp3) is 1.00. The molecule has 0 aromatic carbocycles. The highest BCUT2D eigenvalue weighted by Gasteiger charge is 1.88. The van der Waals surface area contributed by atoms with Gasteiger partial charge < -0.3 is 0 Å². The molecule has 0 aromatic heterocycles. The highest BCUT2D eigenvalue weighted by atomic mass is 13.9. The molecule has 80 valence electrons. The molecule has 0 aliphatic carbocycles. The van der Waals surface area contributed by atoms with Crippen LogP contribution in [0.3, 0.4) is 0 Å². The zero-order valence-corrected chi connectivity index (χ0v) is 9.70. The summed E-state index contributed by atoms with van der Waals surface area (Å²) in [4.78, 5) is 0. The van der Waals surface area contributed by atoms with Gasteiger partial charge in [0.25, 0.3) is 0 Å². The molecule has 0 radical (unpaired) electrons. The van der Waals surface area contributed by atoms with Crippen molar-refractivity contribution in [2.45, 2.75) is 75.2 Å². The Morgan fingerprint density at radius 1 is 0.917 bits per heavy atom. The van der Waals surface area contributed by atoms with Gasteiger partial charge in [0, 0.05) is 0 Å². The Hall–Kier alpha value is 0. The summed E-state index contributed by atoms with van der Waals surface area (Å²) in [6.45, 7) is 14.8. The molecule has 0 spiro atoms. The fourth-order valence-corrected chi connectivity index (χ4v) is 0.612. The summed E-state index contributed by atoms with van der Waals surface area (Å²) in [7, 11) is 0. The van der Waals surface area contributed by atoms with Gasteiger partial charge in [0.2, 0.25) is 0 Å². The molecule has 0 aromatic rings. The van der Waals surface area contributed by atoms with Crippen LogP contribution in [-0.4, -0.2) is 0 Å². The Labute approximate surface area is 81.8 Å². The number of rotatable bonds is 3. The lowest BCUT2D eigenvalue weighted by molar-refractivity contribution is 0.550. The second-order valence-electron chi connectivity index (χ2n) is 2.54. The van der Waals surface area contributed by atoms with Crippen LogP contribution < -0.4 is 0 Å². The first-order valence-corrected chi connectivity index (χ1v) is 5.27. The van der Waals surface area contributed by atoms with Gasteiger partial charge in [-0.1, -0.05) is 75.2 Å². The number of hydrogen-bond acceptors (Lipinski definition) is 0. The Morgan fingerprint density at radius 3 is 1.33 bits per heavy atom. The molecule has 0 aliphatic rings. The summed E-state index contributed by atoms with van der Waals surface area (Å²) in [6, 6.07) is 0. The first kappa shape index (κ1) is 22.7. The molecule has 0 amide bonds. The predicted octanol–water partition coefficient (Wildman–Crippen LogP) is 5.52. The second kappa shape index (κ2) is 30.6. The summed E-state index contributed by atoms with van der Waals surface area (Å²) in [6.07, 6.45) is 4.15. The molecular weight excluding hydrogens is 144 g/mol. The quantitative estimate of drug-likeness (QED) is 0.531. The molecule has 0 heteroatoms. The minimum Gasteiger partial charge on any atom is -0.0776 e. The van der Waals surface area contributed by atoms with Crippen LogP contribution in [0.25, 0.3) is 0 Å². The third-order valence-corrected chi connectivity index (χ3v) is 1.14. The lowest BCUT2D eigenvalue weighted by Gasteiger charge is -1.98. The van der Waals surface area contributed by atoms with Gasteiger partial charge in [0.05, 0.1) is 0 Å². The number of unbranched alkanes of at least 4 members (excludes halogenated alkanes) is 1. The molecule has 0 saturated carbocycles. The average molecular weight is 176 g/mol. The standard InChI is InChI=1S/C7H16.2C2H6.CH4/c1-4-5-6-7(2)3;2*1-2;/h7H,4-6H2,1-3H3;2*1-2H3;1H4. The van der Waals surface area contributed by atoms with Crippen molar-refractivity contribution in [2.24, 2.45) is 5.92 Å². The third-order valence-electron chi connectivity index (χ3n) is 1.14. The van der Waals surface area contributed by atoms with E-state index in [9.17, 15) is 0 Å². The van der Waals surface area contributed by atoms with Crippen LogP contribution in [0.1, 0.15) is 75.2 Å². The summed E-state index contributed by atoms with van der Waals surface area (Å²) < 4.78 is 0. The molecule has 0 fully saturated rings. The molecular formula is C12H32. The molecule has 0 unspecified atom stereocenters. The van der Waals surface area contributed by atoms with E-state index in [1.165, 1.54) is 19.3 Å². The van der Waals surface area contributed by atoms with Crippen LogP contribution in [0.4, 0.5) is 0 Å². The van der Waals surface area contributed by atoms with Crippen LogP contribution in [0.5, 0.6) is 0 Å². The van der Waals surface area contributed by atoms with Crippen LogP contribution in [0.15, 0.2) is 0 Å². The van der Waals surface area contributed by atoms with Crippen molar-refractivity contribution in [1.29, 1.82) is 0 Å². The van der Waals surface area contributed by atoms with Crippen LogP contribution >= 0.6 is 0 Å². The van der Waals surface area contributed by atoms with Crippen molar-refractivity contribution in [3.05, 3.63) is 0 Å². The lowest BCUT2D eigenvalue weighted by Crippen LogP contribution is -1.83. The summed E-state index contributed by atoms with van der Waals surface area (Å²) in [5.41, 5.74) is 0. The minimum atomic E-state index is 0. The van der Waals surface area contributed by atoms with Gasteiger partial charge >= 0.3 is 0 Å². The third kappa shape index (κ3) is 50.6. The topological polar surface area (TPSA) is 0 Å². The van der Waals surface area contributed by atoms with Gasteiger partial charge in [-0.05, 0) is 5.92 Å². The van der Waals surface area contributed by atoms with Gasteiger partial charge in [-0.3, -0.25) is 0 Å². The zero-order chi connectivity index (χ0) is 9.70. The van der Waals surface area contributed by atoms with E-state index in [1.54, 1.807) is 0 Å². The SMILES string of the molecule is C.CC.CC.CCCCC(C)C. The monoisotopic (exact) mass is 176 g/mol. The summed E-state index contributed by atoms with van der Waals surface area (Å²) in [5, 5.41) is 0. The van der Waals surface area contributed by atoms with Crippen LogP contribution in [0, 0.1) is 5.92 Å². The molecule has 0 N–H and O–H groups in total. The smallest absolute Gasteiger partial charge is 0.0471 e. The first-order chi connectivity index (χ1) is 5.27. The molecule has 0 bridgehead atoms. The van der Waals surface area contributed by atoms with E-state index in [0.717, 1.165) is 5.92 Å². The van der Waals surface area contributed by atoms with E-state index in [-0.39, 0.29) is 7.43 Å². The molecule has 0 nitrogen and oxygen atoms in total. The average Bonchev–Trinajstić information content (AvgIpc) is 2.08. The van der Waals surface area contributed by atoms with Gasteiger partial charge in [-0.15, -0.1) is 0 Å². The Balaban J connectivity index is -0.0000000560. The molecule has 0 saturated heterocycles. The van der Waals surface area contributed by atoms with Crippen molar-refractivity contribution < 1.29 is 0 Å². The van der Waals surface area contributed by atoms with Gasteiger partial charge in [-0.2, -0.15) is 0 Å². The maximum absolute atomic E-state index is 2.27. The number of hydrogen-bond donors (Lipinski definition) is 0. The summed E-state index contributed by atoms with van der Waals surface area (Å²) >= 11 is 0. The molecule has 12 heavy (non-hydrogen) atoms. The normalized spacial score (nSPS) is 7.00. The second-order valence-corrected chi connectivity index (χ2v) is 2.54. The van der Waals surface area contributed by atoms with Crippen molar-refractivity contribution in [3.63, 3.8) is 0 Å². The van der Waals surface area contributed by atoms with E-state index in [1.807, 2.05) is 27.7 Å². The Bertz CT molecular complexity index is 29.0. The maximum atomic E-state index is 2.27. The first-order valence-electron chi connectivity index (χ1n) is 5.27. The van der Waals surface area contributed by atoms with E-state index < -0.39 is 0 Å². The Kier molecular flexibility index (Phi) is 57.8. The Morgan fingerprint density at radius 2 is 1.25 bits per heavy atom. The van der Waals surface area contributed by atoms with E-state index in [4.69, 9.17) is 0 Å². The van der Waals surface area contributed by atoms with Crippen molar-refractivity contribution in [3.8, 4) is 0 Å². The highest BCUT2D eigenvalue weighted by Crippen LogP contribution is 2.04. The van der Waals surface area contributed by atoms with E-state index in [2.05, 4.69) is 20.8 Å². The molecule has 0 heterocycles. The van der Waals surface area contributed by atoms with Gasteiger partial charge in [0.1, 0.15) is 0 Å². The van der Waals surface area contributed by atoms with Gasteiger partial charge in [-0.25, -0.2) is 0 Å². The van der Waals surface area contributed by atoms with Crippen LogP contribution in [-0.2, 0) is 0 Å². The van der Waals surface area contributed by atoms with Crippen LogP contribution in [0.2, 0.25) is 0 Å². The fourth-order valence-electron chi connectivity index (χ4n) is 0.612. The maximum Gasteiger partial charge on any atom is -0.0471 e. The molecule has 0 atom stereocenters. The predicted molar refractivity (Wildman–Crippen MR) is 63.8 cm³/mol. The van der Waals surface area contributed by atoms with E-state index in [0.29, 0.717) is 0 Å². The molecule has 0 aliphatic heterocycles. The summed E-state index contributed by atoms with van der Waals surface area (Å²) in [5.74, 6) is 0.903. The minimum absolute atomic E-state index is 0. The van der Waals surface area contributed by atoms with Crippen molar-refractivity contribution in [1.82, 2.24) is 0 Å². The van der Waals surface area contributed by atoms with Crippen molar-refractivity contribution in [2.75, 3.05) is 0 Å². The van der Waals surface area contributed by atoms with Gasteiger partial charge in [0.15, 0.2) is 0 Å². The zero-order valence-electron chi connectivity index (χ0n) is 9.70.